The molecule has 0 unspecified atom stereocenters. The average Bonchev–Trinajstić information content (AvgIpc) is 3.07. The minimum absolute atomic E-state index is 0.0547. The van der Waals surface area contributed by atoms with E-state index in [9.17, 15) is 0 Å². The first-order chi connectivity index (χ1) is 11.7. The van der Waals surface area contributed by atoms with Crippen LogP contribution in [0, 0.1) is 17.2 Å². The summed E-state index contributed by atoms with van der Waals surface area (Å²) in [6.07, 6.45) is 7.42. The summed E-state index contributed by atoms with van der Waals surface area (Å²) in [5.41, 5.74) is 1.31. The summed E-state index contributed by atoms with van der Waals surface area (Å²) in [6, 6.07) is 5.58. The summed E-state index contributed by atoms with van der Waals surface area (Å²) in [5.74, 6) is 1.43. The summed E-state index contributed by atoms with van der Waals surface area (Å²) in [4.78, 5) is 4.25. The Bertz CT molecular complexity index is 780. The van der Waals surface area contributed by atoms with E-state index >= 15 is 0 Å². The van der Waals surface area contributed by atoms with Gasteiger partial charge in [0.15, 0.2) is 5.69 Å². The van der Waals surface area contributed by atoms with Gasteiger partial charge in [0, 0.05) is 24.9 Å². The standard InChI is InChI=1S/C17H18ClN5O/c18-13-3-4-16(22-15(13)7-19)21-14-5-6-24-17(14)12-8-20-23(10-12)9-11-1-2-11/h3-4,8,10-11,14,17H,1-2,5-6,9H2,(H,21,22)/t14-,17+/m0/s1. The van der Waals surface area contributed by atoms with Crippen molar-refractivity contribution in [2.45, 2.75) is 38.0 Å². The zero-order chi connectivity index (χ0) is 16.5. The fourth-order valence-corrected chi connectivity index (χ4v) is 3.20. The van der Waals surface area contributed by atoms with Crippen LogP contribution in [0.4, 0.5) is 5.82 Å². The third-order valence-corrected chi connectivity index (χ3v) is 4.81. The van der Waals surface area contributed by atoms with E-state index < -0.39 is 0 Å². The van der Waals surface area contributed by atoms with Crippen molar-refractivity contribution in [1.29, 1.82) is 5.26 Å². The highest BCUT2D eigenvalue weighted by Crippen LogP contribution is 2.33. The van der Waals surface area contributed by atoms with Crippen molar-refractivity contribution < 1.29 is 4.74 Å². The number of ether oxygens (including phenoxy) is 1. The van der Waals surface area contributed by atoms with Crippen molar-refractivity contribution in [3.05, 3.63) is 40.8 Å². The van der Waals surface area contributed by atoms with Crippen molar-refractivity contribution in [2.75, 3.05) is 11.9 Å². The monoisotopic (exact) mass is 343 g/mol. The lowest BCUT2D eigenvalue weighted by Gasteiger charge is -2.19. The predicted octanol–water partition coefficient (Wildman–Crippen LogP) is 3.16. The lowest BCUT2D eigenvalue weighted by atomic mass is 10.1. The van der Waals surface area contributed by atoms with Crippen LogP contribution >= 0.6 is 11.6 Å². The molecule has 1 aliphatic carbocycles. The molecule has 24 heavy (non-hydrogen) atoms. The van der Waals surface area contributed by atoms with E-state index in [-0.39, 0.29) is 17.8 Å². The molecule has 2 aromatic rings. The molecule has 4 rings (SSSR count). The minimum atomic E-state index is -0.0547. The van der Waals surface area contributed by atoms with E-state index in [1.165, 1.54) is 12.8 Å². The number of pyridine rings is 1. The lowest BCUT2D eigenvalue weighted by Crippen LogP contribution is -2.23. The number of aromatic nitrogens is 3. The van der Waals surface area contributed by atoms with Crippen LogP contribution in [0.5, 0.6) is 0 Å². The summed E-state index contributed by atoms with van der Waals surface area (Å²) in [5, 5.41) is 17.2. The van der Waals surface area contributed by atoms with E-state index in [2.05, 4.69) is 21.6 Å². The fraction of sp³-hybridized carbons (Fsp3) is 0.471. The highest BCUT2D eigenvalue weighted by Gasteiger charge is 2.31. The second-order valence-electron chi connectivity index (χ2n) is 6.41. The van der Waals surface area contributed by atoms with Crippen molar-refractivity contribution in [3.8, 4) is 6.07 Å². The van der Waals surface area contributed by atoms with Gasteiger partial charge in [0.2, 0.25) is 0 Å². The molecule has 1 aliphatic heterocycles. The van der Waals surface area contributed by atoms with Crippen molar-refractivity contribution in [3.63, 3.8) is 0 Å². The SMILES string of the molecule is N#Cc1nc(N[C@H]2CCO[C@@H]2c2cnn(CC3CC3)c2)ccc1Cl. The smallest absolute Gasteiger partial charge is 0.161 e. The molecule has 0 amide bonds. The van der Waals surface area contributed by atoms with Crippen LogP contribution in [-0.4, -0.2) is 27.4 Å². The minimum Gasteiger partial charge on any atom is -0.371 e. The van der Waals surface area contributed by atoms with Crippen LogP contribution in [0.1, 0.15) is 36.6 Å². The normalized spacial score (nSPS) is 23.2. The van der Waals surface area contributed by atoms with Gasteiger partial charge in [0.05, 0.1) is 17.3 Å². The maximum Gasteiger partial charge on any atom is 0.161 e. The number of hydrogen-bond donors (Lipinski definition) is 1. The predicted molar refractivity (Wildman–Crippen MR) is 89.6 cm³/mol. The number of hydrogen-bond acceptors (Lipinski definition) is 5. The van der Waals surface area contributed by atoms with Crippen LogP contribution < -0.4 is 5.32 Å². The van der Waals surface area contributed by atoms with Gasteiger partial charge >= 0.3 is 0 Å². The van der Waals surface area contributed by atoms with E-state index in [4.69, 9.17) is 21.6 Å². The van der Waals surface area contributed by atoms with Gasteiger partial charge in [0.1, 0.15) is 18.0 Å². The van der Waals surface area contributed by atoms with Gasteiger partial charge in [0.25, 0.3) is 0 Å². The van der Waals surface area contributed by atoms with E-state index in [1.54, 1.807) is 12.1 Å². The molecule has 0 radical (unpaired) electrons. The van der Waals surface area contributed by atoms with Crippen LogP contribution in [0.3, 0.4) is 0 Å². The molecular formula is C17H18ClN5O. The number of halogens is 1. The Balaban J connectivity index is 1.48. The Labute approximate surface area is 145 Å². The van der Waals surface area contributed by atoms with Gasteiger partial charge in [-0.15, -0.1) is 0 Å². The summed E-state index contributed by atoms with van der Waals surface area (Å²) < 4.78 is 7.92. The topological polar surface area (TPSA) is 75.8 Å². The Hall–Kier alpha value is -2.10. The molecule has 124 valence electrons. The Morgan fingerprint density at radius 3 is 3.04 bits per heavy atom. The second kappa shape index (κ2) is 6.42. The largest absolute Gasteiger partial charge is 0.371 e. The number of nitrogens with zero attached hydrogens (tertiary/aromatic N) is 4. The summed E-state index contributed by atoms with van der Waals surface area (Å²) in [6.45, 7) is 1.68. The summed E-state index contributed by atoms with van der Waals surface area (Å²) in [7, 11) is 0. The highest BCUT2D eigenvalue weighted by atomic mass is 35.5. The number of rotatable bonds is 5. The molecule has 1 saturated heterocycles. The van der Waals surface area contributed by atoms with Crippen molar-refractivity contribution in [1.82, 2.24) is 14.8 Å². The molecule has 2 aliphatic rings. The van der Waals surface area contributed by atoms with Crippen LogP contribution in [0.15, 0.2) is 24.5 Å². The van der Waals surface area contributed by atoms with Gasteiger partial charge in [-0.25, -0.2) is 4.98 Å². The number of nitrogens with one attached hydrogen (secondary N) is 1. The maximum absolute atomic E-state index is 9.05. The van der Waals surface area contributed by atoms with E-state index in [1.807, 2.05) is 16.9 Å². The fourth-order valence-electron chi connectivity index (χ4n) is 3.05. The van der Waals surface area contributed by atoms with Gasteiger partial charge in [-0.05, 0) is 37.3 Å². The summed E-state index contributed by atoms with van der Waals surface area (Å²) >= 11 is 5.94. The molecular weight excluding hydrogens is 326 g/mol. The highest BCUT2D eigenvalue weighted by molar-refractivity contribution is 6.31. The van der Waals surface area contributed by atoms with Gasteiger partial charge < -0.3 is 10.1 Å². The molecule has 1 saturated carbocycles. The van der Waals surface area contributed by atoms with Crippen molar-refractivity contribution in [2.24, 2.45) is 5.92 Å². The third kappa shape index (κ3) is 3.23. The second-order valence-corrected chi connectivity index (χ2v) is 6.82. The quantitative estimate of drug-likeness (QED) is 0.902. The zero-order valence-corrected chi connectivity index (χ0v) is 13.9. The molecule has 2 atom stereocenters. The number of nitriles is 1. The first kappa shape index (κ1) is 15.4. The van der Waals surface area contributed by atoms with Crippen LogP contribution in [-0.2, 0) is 11.3 Å². The molecule has 2 fully saturated rings. The van der Waals surface area contributed by atoms with Gasteiger partial charge in [-0.1, -0.05) is 11.6 Å². The molecule has 0 spiro atoms. The first-order valence-electron chi connectivity index (χ1n) is 8.20. The Morgan fingerprint density at radius 1 is 1.38 bits per heavy atom. The molecule has 3 heterocycles. The van der Waals surface area contributed by atoms with E-state index in [0.29, 0.717) is 17.4 Å². The Morgan fingerprint density at radius 2 is 2.25 bits per heavy atom. The molecule has 7 heteroatoms. The third-order valence-electron chi connectivity index (χ3n) is 4.50. The number of anilines is 1. The molecule has 2 aromatic heterocycles. The van der Waals surface area contributed by atoms with E-state index in [0.717, 1.165) is 24.4 Å². The van der Waals surface area contributed by atoms with Gasteiger partial charge in [-0.2, -0.15) is 10.4 Å². The van der Waals surface area contributed by atoms with Crippen LogP contribution in [0.25, 0.3) is 0 Å². The molecule has 1 N–H and O–H groups in total. The van der Waals surface area contributed by atoms with Crippen molar-refractivity contribution >= 4 is 17.4 Å². The first-order valence-corrected chi connectivity index (χ1v) is 8.58. The Kier molecular flexibility index (Phi) is 4.13. The van der Waals surface area contributed by atoms with Crippen LogP contribution in [0.2, 0.25) is 5.02 Å². The average molecular weight is 344 g/mol. The molecule has 0 aromatic carbocycles. The lowest BCUT2D eigenvalue weighted by molar-refractivity contribution is 0.107. The molecule has 0 bridgehead atoms. The zero-order valence-electron chi connectivity index (χ0n) is 13.2. The maximum atomic E-state index is 9.05. The van der Waals surface area contributed by atoms with Gasteiger partial charge in [-0.3, -0.25) is 4.68 Å². The molecule has 6 nitrogen and oxygen atoms in total.